The topological polar surface area (TPSA) is 55.2 Å². The first kappa shape index (κ1) is 18.8. The van der Waals surface area contributed by atoms with E-state index in [1.807, 2.05) is 55.5 Å². The van der Waals surface area contributed by atoms with Gasteiger partial charge >= 0.3 is 0 Å². The molecule has 0 bridgehead atoms. The third kappa shape index (κ3) is 4.49. The molecule has 0 N–H and O–H groups in total. The van der Waals surface area contributed by atoms with Gasteiger partial charge in [-0.25, -0.2) is 15.0 Å². The fourth-order valence-electron chi connectivity index (χ4n) is 3.17. The minimum atomic E-state index is -0.203. The second-order valence-electron chi connectivity index (χ2n) is 6.66. The smallest absolute Gasteiger partial charge is 0.267 e. The van der Waals surface area contributed by atoms with E-state index < -0.39 is 0 Å². The van der Waals surface area contributed by atoms with Crippen molar-refractivity contribution in [1.29, 1.82) is 0 Å². The molecule has 0 unspecified atom stereocenters. The number of benzene rings is 2. The minimum Gasteiger partial charge on any atom is -0.267 e. The van der Waals surface area contributed by atoms with Crippen LogP contribution in [0.25, 0.3) is 10.9 Å². The summed E-state index contributed by atoms with van der Waals surface area (Å²) in [5.74, 6) is 1.24. The lowest BCUT2D eigenvalue weighted by Crippen LogP contribution is -2.15. The summed E-state index contributed by atoms with van der Waals surface area (Å²) in [4.78, 5) is 26.6. The third-order valence-electron chi connectivity index (χ3n) is 4.47. The number of dihydropyridines is 1. The molecule has 0 aliphatic carbocycles. The molecule has 4 nitrogen and oxygen atoms in total. The maximum Gasteiger partial charge on any atom is 0.269 e. The van der Waals surface area contributed by atoms with Gasteiger partial charge in [-0.3, -0.25) is 4.79 Å². The van der Waals surface area contributed by atoms with Gasteiger partial charge in [-0.15, -0.1) is 11.8 Å². The van der Waals surface area contributed by atoms with E-state index in [-0.39, 0.29) is 5.91 Å². The first-order chi connectivity index (χ1) is 13.6. The number of hydrogen-bond acceptors (Lipinski definition) is 4. The summed E-state index contributed by atoms with van der Waals surface area (Å²) in [6.45, 7) is 1.98. The average Bonchev–Trinajstić information content (AvgIpc) is 2.67. The first-order valence-corrected chi connectivity index (χ1v) is 10.3. The van der Waals surface area contributed by atoms with Crippen LogP contribution in [0.3, 0.4) is 0 Å². The van der Waals surface area contributed by atoms with Crippen molar-refractivity contribution in [2.45, 2.75) is 24.7 Å². The molecular formula is C22H18ClN3OS. The lowest BCUT2D eigenvalue weighted by Gasteiger charge is -2.14. The van der Waals surface area contributed by atoms with Crippen molar-refractivity contribution in [3.63, 3.8) is 0 Å². The highest BCUT2D eigenvalue weighted by Gasteiger charge is 2.16. The zero-order valence-corrected chi connectivity index (χ0v) is 16.9. The Labute approximate surface area is 172 Å². The molecule has 1 aliphatic rings. The number of carbonyl (C=O) groups is 1. The molecule has 140 valence electrons. The average molecular weight is 408 g/mol. The van der Waals surface area contributed by atoms with Gasteiger partial charge in [-0.05, 0) is 42.8 Å². The summed E-state index contributed by atoms with van der Waals surface area (Å²) >= 11 is 7.62. The van der Waals surface area contributed by atoms with Crippen molar-refractivity contribution >= 4 is 45.9 Å². The second kappa shape index (κ2) is 8.25. The number of rotatable bonds is 5. The molecule has 0 spiro atoms. The van der Waals surface area contributed by atoms with Gasteiger partial charge in [0.05, 0.1) is 5.52 Å². The number of thioether (sulfide) groups is 1. The summed E-state index contributed by atoms with van der Waals surface area (Å²) in [7, 11) is 0. The number of hydrogen-bond donors (Lipinski definition) is 0. The Morgan fingerprint density at radius 1 is 1.07 bits per heavy atom. The largest absolute Gasteiger partial charge is 0.269 e. The normalized spacial score (nSPS) is 14.1. The number of nitrogens with zero attached hydrogens (tertiary/aromatic N) is 3. The maximum atomic E-state index is 12.1. The van der Waals surface area contributed by atoms with Gasteiger partial charge in [0.25, 0.3) is 5.91 Å². The van der Waals surface area contributed by atoms with Crippen LogP contribution in [-0.2, 0) is 11.2 Å². The van der Waals surface area contributed by atoms with E-state index in [0.717, 1.165) is 43.6 Å². The van der Waals surface area contributed by atoms with Crippen LogP contribution in [0.5, 0.6) is 0 Å². The molecule has 0 fully saturated rings. The molecule has 0 radical (unpaired) electrons. The van der Waals surface area contributed by atoms with Crippen LogP contribution < -0.4 is 0 Å². The molecule has 1 amide bonds. The predicted molar refractivity (Wildman–Crippen MR) is 115 cm³/mol. The van der Waals surface area contributed by atoms with Crippen molar-refractivity contribution in [2.75, 3.05) is 5.75 Å². The van der Waals surface area contributed by atoms with E-state index in [1.165, 1.54) is 0 Å². The summed E-state index contributed by atoms with van der Waals surface area (Å²) < 4.78 is 0. The Morgan fingerprint density at radius 2 is 1.86 bits per heavy atom. The van der Waals surface area contributed by atoms with Crippen molar-refractivity contribution < 1.29 is 4.79 Å². The number of amides is 1. The van der Waals surface area contributed by atoms with Crippen LogP contribution >= 0.6 is 23.4 Å². The highest BCUT2D eigenvalue weighted by molar-refractivity contribution is 7.99. The van der Waals surface area contributed by atoms with Crippen LogP contribution in [0.4, 0.5) is 0 Å². The molecule has 0 saturated carbocycles. The Bertz CT molecular complexity index is 1110. The van der Waals surface area contributed by atoms with Gasteiger partial charge in [-0.1, -0.05) is 29.8 Å². The van der Waals surface area contributed by atoms with E-state index in [4.69, 9.17) is 11.6 Å². The molecule has 1 aliphatic heterocycles. The van der Waals surface area contributed by atoms with Crippen LogP contribution in [0.2, 0.25) is 5.02 Å². The summed E-state index contributed by atoms with van der Waals surface area (Å²) in [5.41, 5.74) is 3.74. The van der Waals surface area contributed by atoms with Crippen molar-refractivity contribution in [2.24, 2.45) is 4.99 Å². The Balaban J connectivity index is 1.46. The fourth-order valence-corrected chi connectivity index (χ4v) is 4.17. The zero-order chi connectivity index (χ0) is 19.5. The summed E-state index contributed by atoms with van der Waals surface area (Å²) in [6.07, 6.45) is 2.79. The van der Waals surface area contributed by atoms with Crippen LogP contribution in [0, 0.1) is 6.92 Å². The lowest BCUT2D eigenvalue weighted by molar-refractivity contribution is -0.113. The van der Waals surface area contributed by atoms with Gasteiger partial charge in [0.1, 0.15) is 5.82 Å². The zero-order valence-electron chi connectivity index (χ0n) is 15.4. The van der Waals surface area contributed by atoms with E-state index in [2.05, 4.69) is 15.0 Å². The SMILES string of the molecule is Cc1nc(CC2=NC(=O)C=C(CSc3ccc(Cl)cc3)C2)nc2ccccc12. The molecule has 6 heteroatoms. The number of fused-ring (bicyclic) bond motifs is 1. The van der Waals surface area contributed by atoms with Crippen LogP contribution in [0.1, 0.15) is 17.9 Å². The van der Waals surface area contributed by atoms with E-state index >= 15 is 0 Å². The molecule has 4 rings (SSSR count). The van der Waals surface area contributed by atoms with E-state index in [0.29, 0.717) is 18.7 Å². The molecule has 3 aromatic rings. The lowest BCUT2D eigenvalue weighted by atomic mass is 10.0. The van der Waals surface area contributed by atoms with Crippen LogP contribution in [0.15, 0.2) is 70.1 Å². The van der Waals surface area contributed by atoms with Gasteiger partial charge < -0.3 is 0 Å². The molecule has 0 saturated heterocycles. The highest BCUT2D eigenvalue weighted by atomic mass is 35.5. The molecule has 2 heterocycles. The van der Waals surface area contributed by atoms with Crippen molar-refractivity contribution in [3.05, 3.63) is 76.7 Å². The number of aryl methyl sites for hydroxylation is 1. The van der Waals surface area contributed by atoms with E-state index in [9.17, 15) is 4.79 Å². The Morgan fingerprint density at radius 3 is 2.68 bits per heavy atom. The third-order valence-corrected chi connectivity index (χ3v) is 5.84. The van der Waals surface area contributed by atoms with Gasteiger partial charge in [0, 0.05) is 51.4 Å². The summed E-state index contributed by atoms with van der Waals surface area (Å²) in [5, 5.41) is 1.77. The first-order valence-electron chi connectivity index (χ1n) is 8.97. The number of carbonyl (C=O) groups excluding carboxylic acids is 1. The van der Waals surface area contributed by atoms with Gasteiger partial charge in [-0.2, -0.15) is 0 Å². The molecule has 1 aromatic heterocycles. The molecule has 2 aromatic carbocycles. The fraction of sp³-hybridized carbons (Fsp3) is 0.182. The minimum absolute atomic E-state index is 0.203. The highest BCUT2D eigenvalue weighted by Crippen LogP contribution is 2.25. The Kier molecular flexibility index (Phi) is 5.55. The number of aromatic nitrogens is 2. The quantitative estimate of drug-likeness (QED) is 0.544. The van der Waals surface area contributed by atoms with Gasteiger partial charge in [0.2, 0.25) is 0 Å². The molecule has 0 atom stereocenters. The second-order valence-corrected chi connectivity index (χ2v) is 8.14. The molecule has 28 heavy (non-hydrogen) atoms. The van der Waals surface area contributed by atoms with Gasteiger partial charge in [0.15, 0.2) is 0 Å². The molecular weight excluding hydrogens is 390 g/mol. The van der Waals surface area contributed by atoms with Crippen molar-refractivity contribution in [3.8, 4) is 0 Å². The summed E-state index contributed by atoms with van der Waals surface area (Å²) in [6, 6.07) is 15.7. The maximum absolute atomic E-state index is 12.1. The monoisotopic (exact) mass is 407 g/mol. The van der Waals surface area contributed by atoms with E-state index in [1.54, 1.807) is 17.8 Å². The number of halogens is 1. The number of aliphatic imine (C=N–C) groups is 1. The Hall–Kier alpha value is -2.50. The standard InChI is InChI=1S/C22H18ClN3OS/c1-14-19-4-2-3-5-20(19)26-21(24-14)12-17-10-15(11-22(27)25-17)13-28-18-8-6-16(23)7-9-18/h2-9,11H,10,12-13H2,1H3. The number of para-hydroxylation sites is 1. The predicted octanol–water partition coefficient (Wildman–Crippen LogP) is 5.22. The van der Waals surface area contributed by atoms with Crippen LogP contribution in [-0.4, -0.2) is 27.3 Å². The van der Waals surface area contributed by atoms with Crippen molar-refractivity contribution in [1.82, 2.24) is 9.97 Å².